The Labute approximate surface area is 157 Å². The van der Waals surface area contributed by atoms with E-state index in [2.05, 4.69) is 10.0 Å². The topological polar surface area (TPSA) is 113 Å². The van der Waals surface area contributed by atoms with E-state index in [1.165, 1.54) is 18.2 Å². The molecule has 2 aromatic carbocycles. The summed E-state index contributed by atoms with van der Waals surface area (Å²) in [5, 5.41) is 11.9. The second-order valence-corrected chi connectivity index (χ2v) is 8.24. The number of nitrogens with one attached hydrogen (secondary N) is 2. The molecule has 1 aliphatic rings. The molecular formula is C19H20N2O5S. The second kappa shape index (κ2) is 7.50. The molecule has 0 aliphatic heterocycles. The van der Waals surface area contributed by atoms with Gasteiger partial charge in [-0.3, -0.25) is 4.79 Å². The molecule has 27 heavy (non-hydrogen) atoms. The summed E-state index contributed by atoms with van der Waals surface area (Å²) in [6.45, 7) is 1.66. The highest BCUT2D eigenvalue weighted by molar-refractivity contribution is 7.89. The predicted molar refractivity (Wildman–Crippen MR) is 98.8 cm³/mol. The van der Waals surface area contributed by atoms with Gasteiger partial charge in [0.15, 0.2) is 6.04 Å². The van der Waals surface area contributed by atoms with Crippen molar-refractivity contribution < 1.29 is 23.1 Å². The van der Waals surface area contributed by atoms with Gasteiger partial charge in [-0.1, -0.05) is 36.4 Å². The summed E-state index contributed by atoms with van der Waals surface area (Å²) in [6.07, 6.45) is 1.60. The van der Waals surface area contributed by atoms with Crippen LogP contribution in [0.5, 0.6) is 0 Å². The lowest BCUT2D eigenvalue weighted by Crippen LogP contribution is -2.34. The zero-order chi connectivity index (χ0) is 19.6. The molecule has 0 unspecified atom stereocenters. The standard InChI is InChI=1S/C19H20N2O5S/c1-12-7-10-15(27(25,26)21-14-8-9-14)11-16(12)18(22)20-17(19(23)24)13-5-3-2-4-6-13/h2-7,10-11,14,17,21H,8-9H2,1H3,(H,20,22)(H,23,24)/t17-/m0/s1. The van der Waals surface area contributed by atoms with Gasteiger partial charge in [-0.25, -0.2) is 17.9 Å². The third-order valence-corrected chi connectivity index (χ3v) is 5.84. The van der Waals surface area contributed by atoms with E-state index in [-0.39, 0.29) is 16.5 Å². The first kappa shape index (κ1) is 19.1. The molecule has 0 bridgehead atoms. The van der Waals surface area contributed by atoms with E-state index >= 15 is 0 Å². The molecule has 1 aliphatic carbocycles. The highest BCUT2D eigenvalue weighted by atomic mass is 32.2. The lowest BCUT2D eigenvalue weighted by molar-refractivity contribution is -0.139. The molecule has 0 radical (unpaired) electrons. The van der Waals surface area contributed by atoms with Crippen LogP contribution in [0.4, 0.5) is 0 Å². The molecule has 0 saturated heterocycles. The van der Waals surface area contributed by atoms with E-state index in [9.17, 15) is 23.1 Å². The molecule has 142 valence electrons. The molecular weight excluding hydrogens is 368 g/mol. The molecule has 1 fully saturated rings. The monoisotopic (exact) mass is 388 g/mol. The number of benzene rings is 2. The maximum atomic E-state index is 12.7. The van der Waals surface area contributed by atoms with Crippen LogP contribution in [0.1, 0.15) is 40.4 Å². The summed E-state index contributed by atoms with van der Waals surface area (Å²) in [4.78, 5) is 24.2. The van der Waals surface area contributed by atoms with E-state index in [1.807, 2.05) is 0 Å². The first-order valence-electron chi connectivity index (χ1n) is 8.49. The van der Waals surface area contributed by atoms with Gasteiger partial charge in [0.25, 0.3) is 5.91 Å². The number of carbonyl (C=O) groups is 2. The molecule has 0 aromatic heterocycles. The minimum Gasteiger partial charge on any atom is -0.479 e. The fourth-order valence-electron chi connectivity index (χ4n) is 2.64. The van der Waals surface area contributed by atoms with Gasteiger partial charge in [0, 0.05) is 11.6 Å². The largest absolute Gasteiger partial charge is 0.479 e. The maximum Gasteiger partial charge on any atom is 0.330 e. The quantitative estimate of drug-likeness (QED) is 0.671. The van der Waals surface area contributed by atoms with Crippen LogP contribution < -0.4 is 10.0 Å². The average molecular weight is 388 g/mol. The minimum absolute atomic E-state index is 0.0169. The van der Waals surface area contributed by atoms with Crippen molar-refractivity contribution >= 4 is 21.9 Å². The van der Waals surface area contributed by atoms with Crippen molar-refractivity contribution in [3.05, 3.63) is 65.2 Å². The van der Waals surface area contributed by atoms with E-state index < -0.39 is 27.9 Å². The average Bonchev–Trinajstić information content (AvgIpc) is 3.43. The smallest absolute Gasteiger partial charge is 0.330 e. The van der Waals surface area contributed by atoms with E-state index in [0.717, 1.165) is 12.8 Å². The number of hydrogen-bond acceptors (Lipinski definition) is 4. The number of amides is 1. The zero-order valence-corrected chi connectivity index (χ0v) is 15.5. The lowest BCUT2D eigenvalue weighted by Gasteiger charge is -2.16. The number of rotatable bonds is 7. The first-order valence-corrected chi connectivity index (χ1v) is 9.98. The van der Waals surface area contributed by atoms with Crippen molar-refractivity contribution in [3.63, 3.8) is 0 Å². The number of sulfonamides is 1. The fraction of sp³-hybridized carbons (Fsp3) is 0.263. The van der Waals surface area contributed by atoms with Crippen LogP contribution >= 0.6 is 0 Å². The summed E-state index contributed by atoms with van der Waals surface area (Å²) >= 11 is 0. The summed E-state index contributed by atoms with van der Waals surface area (Å²) in [7, 11) is -3.71. The van der Waals surface area contributed by atoms with Crippen molar-refractivity contribution in [2.45, 2.75) is 36.7 Å². The van der Waals surface area contributed by atoms with Gasteiger partial charge in [0.1, 0.15) is 0 Å². The third kappa shape index (κ3) is 4.53. The Morgan fingerprint density at radius 1 is 1.11 bits per heavy atom. The van der Waals surface area contributed by atoms with Gasteiger partial charge in [-0.2, -0.15) is 0 Å². The summed E-state index contributed by atoms with van der Waals surface area (Å²) in [5.74, 6) is -1.85. The van der Waals surface area contributed by atoms with E-state index in [1.54, 1.807) is 37.3 Å². The van der Waals surface area contributed by atoms with Crippen LogP contribution in [0.3, 0.4) is 0 Å². The Kier molecular flexibility index (Phi) is 5.29. The van der Waals surface area contributed by atoms with Crippen LogP contribution in [0.2, 0.25) is 0 Å². The molecule has 0 spiro atoms. The molecule has 3 rings (SSSR count). The number of carbonyl (C=O) groups excluding carboxylic acids is 1. The number of hydrogen-bond donors (Lipinski definition) is 3. The molecule has 1 amide bonds. The van der Waals surface area contributed by atoms with Crippen LogP contribution in [0.15, 0.2) is 53.4 Å². The predicted octanol–water partition coefficient (Wildman–Crippen LogP) is 1.99. The van der Waals surface area contributed by atoms with Gasteiger partial charge in [0.2, 0.25) is 10.0 Å². The highest BCUT2D eigenvalue weighted by Gasteiger charge is 2.29. The number of carboxylic acids is 1. The SMILES string of the molecule is Cc1ccc(S(=O)(=O)NC2CC2)cc1C(=O)N[C@H](C(=O)O)c1ccccc1. The van der Waals surface area contributed by atoms with Gasteiger partial charge in [-0.05, 0) is 43.0 Å². The van der Waals surface area contributed by atoms with Crippen molar-refractivity contribution in [3.8, 4) is 0 Å². The Balaban J connectivity index is 1.87. The summed E-state index contributed by atoms with van der Waals surface area (Å²) in [5.41, 5.74) is 1.10. The van der Waals surface area contributed by atoms with Gasteiger partial charge < -0.3 is 10.4 Å². The zero-order valence-electron chi connectivity index (χ0n) is 14.7. The molecule has 8 heteroatoms. The van der Waals surface area contributed by atoms with Crippen LogP contribution in [-0.2, 0) is 14.8 Å². The second-order valence-electron chi connectivity index (χ2n) is 6.53. The molecule has 7 nitrogen and oxygen atoms in total. The summed E-state index contributed by atoms with van der Waals surface area (Å²) in [6, 6.07) is 11.3. The van der Waals surface area contributed by atoms with Crippen molar-refractivity contribution in [2.24, 2.45) is 0 Å². The Morgan fingerprint density at radius 2 is 1.78 bits per heavy atom. The third-order valence-electron chi connectivity index (χ3n) is 4.32. The van der Waals surface area contributed by atoms with E-state index in [0.29, 0.717) is 11.1 Å². The number of carboxylic acid groups (broad SMARTS) is 1. The normalized spacial score (nSPS) is 15.1. The van der Waals surface area contributed by atoms with Gasteiger partial charge in [-0.15, -0.1) is 0 Å². The Morgan fingerprint density at radius 3 is 2.37 bits per heavy atom. The van der Waals surface area contributed by atoms with Crippen LogP contribution in [0.25, 0.3) is 0 Å². The Bertz CT molecular complexity index is 969. The molecule has 0 heterocycles. The van der Waals surface area contributed by atoms with Crippen molar-refractivity contribution in [1.29, 1.82) is 0 Å². The van der Waals surface area contributed by atoms with Crippen molar-refractivity contribution in [2.75, 3.05) is 0 Å². The number of aliphatic carboxylic acids is 1. The molecule has 3 N–H and O–H groups in total. The first-order chi connectivity index (χ1) is 12.8. The number of aryl methyl sites for hydroxylation is 1. The maximum absolute atomic E-state index is 12.7. The minimum atomic E-state index is -3.71. The Hall–Kier alpha value is -2.71. The van der Waals surface area contributed by atoms with E-state index in [4.69, 9.17) is 0 Å². The van der Waals surface area contributed by atoms with Gasteiger partial charge >= 0.3 is 5.97 Å². The molecule has 1 saturated carbocycles. The van der Waals surface area contributed by atoms with Crippen LogP contribution in [-0.4, -0.2) is 31.4 Å². The van der Waals surface area contributed by atoms with Gasteiger partial charge in [0.05, 0.1) is 4.90 Å². The highest BCUT2D eigenvalue weighted by Crippen LogP contribution is 2.23. The lowest BCUT2D eigenvalue weighted by atomic mass is 10.0. The molecule has 1 atom stereocenters. The fourth-order valence-corrected chi connectivity index (χ4v) is 3.97. The molecule has 2 aromatic rings. The van der Waals surface area contributed by atoms with Crippen LogP contribution in [0, 0.1) is 6.92 Å². The summed E-state index contributed by atoms with van der Waals surface area (Å²) < 4.78 is 27.3. The van der Waals surface area contributed by atoms with Crippen molar-refractivity contribution in [1.82, 2.24) is 10.0 Å².